The molecule has 0 rings (SSSR count). The van der Waals surface area contributed by atoms with Crippen molar-refractivity contribution in [2.75, 3.05) is 7.05 Å². The minimum Gasteiger partial charge on any atom is -0.315 e. The van der Waals surface area contributed by atoms with Gasteiger partial charge in [0, 0.05) is 0 Å². The van der Waals surface area contributed by atoms with Gasteiger partial charge in [0.15, 0.2) is 0 Å². The first-order valence-corrected chi connectivity index (χ1v) is 2.20. The lowest BCUT2D eigenvalue weighted by Gasteiger charge is -2.06. The highest BCUT2D eigenvalue weighted by Gasteiger charge is 1.83. The Morgan fingerprint density at radius 2 is 2.14 bits per heavy atom. The Balaban J connectivity index is 2.68. The lowest BCUT2D eigenvalue weighted by Crippen LogP contribution is -2.49. The lowest BCUT2D eigenvalue weighted by molar-refractivity contribution is 0.414. The topological polar surface area (TPSA) is 62.1 Å². The Kier molecular flexibility index (Phi) is 3.92. The third kappa shape index (κ3) is 5.84. The van der Waals surface area contributed by atoms with Gasteiger partial charge >= 0.3 is 0 Å². The molecule has 7 heavy (non-hydrogen) atoms. The van der Waals surface area contributed by atoms with E-state index in [1.165, 1.54) is 0 Å². The SMILES string of the molecule is CNNNC(C)N. The second-order valence-corrected chi connectivity index (χ2v) is 1.31. The molecule has 0 saturated carbocycles. The Morgan fingerprint density at radius 1 is 1.57 bits per heavy atom. The molecule has 0 aromatic heterocycles. The zero-order valence-corrected chi connectivity index (χ0v) is 4.65. The molecule has 4 nitrogen and oxygen atoms in total. The molecule has 0 aliphatic heterocycles. The summed E-state index contributed by atoms with van der Waals surface area (Å²) in [5.41, 5.74) is 13.3. The van der Waals surface area contributed by atoms with E-state index in [0.717, 1.165) is 0 Å². The molecule has 0 saturated heterocycles. The van der Waals surface area contributed by atoms with Gasteiger partial charge in [0.25, 0.3) is 0 Å². The first kappa shape index (κ1) is 6.84. The van der Waals surface area contributed by atoms with Crippen molar-refractivity contribution >= 4 is 0 Å². The maximum Gasteiger partial charge on any atom is 0.0663 e. The van der Waals surface area contributed by atoms with Crippen molar-refractivity contribution in [2.24, 2.45) is 5.73 Å². The van der Waals surface area contributed by atoms with Crippen LogP contribution in [0.15, 0.2) is 0 Å². The zero-order chi connectivity index (χ0) is 5.70. The minimum absolute atomic E-state index is 0.0209. The molecule has 44 valence electrons. The molecule has 0 fully saturated rings. The summed E-state index contributed by atoms with van der Waals surface area (Å²) in [6, 6.07) is 0. The molecule has 1 atom stereocenters. The van der Waals surface area contributed by atoms with Crippen LogP contribution >= 0.6 is 0 Å². The quantitative estimate of drug-likeness (QED) is 0.260. The molecule has 0 radical (unpaired) electrons. The molecular weight excluding hydrogens is 92.1 g/mol. The van der Waals surface area contributed by atoms with E-state index in [-0.39, 0.29) is 6.17 Å². The molecule has 0 aliphatic carbocycles. The Bertz CT molecular complexity index is 35.9. The van der Waals surface area contributed by atoms with Crippen LogP contribution in [-0.2, 0) is 0 Å². The molecule has 0 amide bonds. The molecule has 0 aliphatic rings. The lowest BCUT2D eigenvalue weighted by atomic mass is 10.6. The summed E-state index contributed by atoms with van der Waals surface area (Å²) in [6.07, 6.45) is -0.0209. The van der Waals surface area contributed by atoms with Crippen molar-refractivity contribution in [3.05, 3.63) is 0 Å². The average Bonchev–Trinajstić information content (AvgIpc) is 1.61. The van der Waals surface area contributed by atoms with E-state index in [1.54, 1.807) is 7.05 Å². The second kappa shape index (κ2) is 4.01. The van der Waals surface area contributed by atoms with Crippen LogP contribution in [0.25, 0.3) is 0 Å². The van der Waals surface area contributed by atoms with Gasteiger partial charge in [0.2, 0.25) is 0 Å². The molecule has 0 bridgehead atoms. The van der Waals surface area contributed by atoms with E-state index in [4.69, 9.17) is 5.73 Å². The van der Waals surface area contributed by atoms with Gasteiger partial charge < -0.3 is 5.73 Å². The van der Waals surface area contributed by atoms with Crippen molar-refractivity contribution in [3.8, 4) is 0 Å². The standard InChI is InChI=1S/C3H12N4/c1-3(4)6-7-5-2/h3,5-7H,4H2,1-2H3. The summed E-state index contributed by atoms with van der Waals surface area (Å²) in [6.45, 7) is 1.84. The van der Waals surface area contributed by atoms with Gasteiger partial charge in [-0.1, -0.05) is 0 Å². The van der Waals surface area contributed by atoms with Crippen LogP contribution in [0, 0.1) is 0 Å². The Labute approximate surface area is 43.4 Å². The van der Waals surface area contributed by atoms with Crippen LogP contribution in [-0.4, -0.2) is 13.2 Å². The fourth-order valence-corrected chi connectivity index (χ4v) is 0.186. The summed E-state index contributed by atoms with van der Waals surface area (Å²) in [7, 11) is 1.76. The molecule has 0 heterocycles. The summed E-state index contributed by atoms with van der Waals surface area (Å²) in [5, 5.41) is 0. The number of nitrogens with one attached hydrogen (secondary N) is 3. The highest BCUT2D eigenvalue weighted by atomic mass is 15.6. The van der Waals surface area contributed by atoms with Gasteiger partial charge in [0.05, 0.1) is 6.17 Å². The zero-order valence-electron chi connectivity index (χ0n) is 4.65. The number of hydrazine groups is 2. The van der Waals surface area contributed by atoms with Crippen LogP contribution < -0.4 is 22.1 Å². The maximum atomic E-state index is 5.26. The van der Waals surface area contributed by atoms with E-state index in [9.17, 15) is 0 Å². The molecule has 0 aromatic rings. The second-order valence-electron chi connectivity index (χ2n) is 1.31. The molecule has 1 unspecified atom stereocenters. The van der Waals surface area contributed by atoms with Crippen LogP contribution in [0.3, 0.4) is 0 Å². The van der Waals surface area contributed by atoms with Crippen molar-refractivity contribution in [2.45, 2.75) is 13.1 Å². The molecule has 0 spiro atoms. The highest BCUT2D eigenvalue weighted by Crippen LogP contribution is 1.53. The van der Waals surface area contributed by atoms with Crippen molar-refractivity contribution in [1.82, 2.24) is 16.4 Å². The van der Waals surface area contributed by atoms with Gasteiger partial charge in [-0.15, -0.1) is 0 Å². The number of nitrogens with two attached hydrogens (primary N) is 1. The van der Waals surface area contributed by atoms with Crippen molar-refractivity contribution < 1.29 is 0 Å². The smallest absolute Gasteiger partial charge is 0.0663 e. The fourth-order valence-electron chi connectivity index (χ4n) is 0.186. The third-order valence-electron chi connectivity index (χ3n) is 0.425. The first-order chi connectivity index (χ1) is 3.27. The van der Waals surface area contributed by atoms with E-state index < -0.39 is 0 Å². The number of hydrogen-bond acceptors (Lipinski definition) is 4. The van der Waals surface area contributed by atoms with E-state index in [0.29, 0.717) is 0 Å². The van der Waals surface area contributed by atoms with E-state index in [2.05, 4.69) is 16.4 Å². The van der Waals surface area contributed by atoms with Crippen LogP contribution in [0.5, 0.6) is 0 Å². The predicted molar refractivity (Wildman–Crippen MR) is 29.0 cm³/mol. The number of rotatable bonds is 3. The molecule has 5 N–H and O–H groups in total. The van der Waals surface area contributed by atoms with Crippen LogP contribution in [0.4, 0.5) is 0 Å². The Hall–Kier alpha value is -0.160. The summed E-state index contributed by atoms with van der Waals surface area (Å²) in [4.78, 5) is 0. The minimum atomic E-state index is -0.0209. The van der Waals surface area contributed by atoms with E-state index >= 15 is 0 Å². The van der Waals surface area contributed by atoms with Crippen LogP contribution in [0.1, 0.15) is 6.92 Å². The summed E-state index contributed by atoms with van der Waals surface area (Å²) < 4.78 is 0. The average molecular weight is 104 g/mol. The van der Waals surface area contributed by atoms with Crippen molar-refractivity contribution in [1.29, 1.82) is 0 Å². The largest absolute Gasteiger partial charge is 0.315 e. The van der Waals surface area contributed by atoms with Crippen molar-refractivity contribution in [3.63, 3.8) is 0 Å². The van der Waals surface area contributed by atoms with Gasteiger partial charge in [-0.2, -0.15) is 5.53 Å². The maximum absolute atomic E-state index is 5.26. The van der Waals surface area contributed by atoms with Gasteiger partial charge in [-0.3, -0.25) is 0 Å². The number of hydrogen-bond donors (Lipinski definition) is 4. The van der Waals surface area contributed by atoms with E-state index in [1.807, 2.05) is 6.92 Å². The molecular formula is C3H12N4. The van der Waals surface area contributed by atoms with Gasteiger partial charge in [0.1, 0.15) is 0 Å². The summed E-state index contributed by atoms with van der Waals surface area (Å²) in [5.74, 6) is 0. The highest BCUT2D eigenvalue weighted by molar-refractivity contribution is 4.38. The Morgan fingerprint density at radius 3 is 2.29 bits per heavy atom. The third-order valence-corrected chi connectivity index (χ3v) is 0.425. The normalized spacial score (nSPS) is 14.1. The van der Waals surface area contributed by atoms with Gasteiger partial charge in [-0.25, -0.2) is 10.9 Å². The first-order valence-electron chi connectivity index (χ1n) is 2.20. The monoisotopic (exact) mass is 104 g/mol. The molecule has 4 heteroatoms. The molecule has 0 aromatic carbocycles. The summed E-state index contributed by atoms with van der Waals surface area (Å²) >= 11 is 0. The van der Waals surface area contributed by atoms with Gasteiger partial charge in [-0.05, 0) is 14.0 Å². The van der Waals surface area contributed by atoms with Crippen LogP contribution in [0.2, 0.25) is 0 Å². The fraction of sp³-hybridized carbons (Fsp3) is 1.00. The predicted octanol–water partition coefficient (Wildman–Crippen LogP) is -1.48.